The summed E-state index contributed by atoms with van der Waals surface area (Å²) in [5, 5.41) is 3.47. The Balaban J connectivity index is 1.68. The van der Waals surface area contributed by atoms with Crippen LogP contribution in [-0.2, 0) is 5.75 Å². The van der Waals surface area contributed by atoms with Crippen LogP contribution in [0.2, 0.25) is 0 Å². The average Bonchev–Trinajstić information content (AvgIpc) is 3.23. The Morgan fingerprint density at radius 3 is 2.83 bits per heavy atom. The molecule has 23 heavy (non-hydrogen) atoms. The van der Waals surface area contributed by atoms with Gasteiger partial charge in [0, 0.05) is 18.0 Å². The van der Waals surface area contributed by atoms with Crippen LogP contribution in [-0.4, -0.2) is 29.5 Å². The first-order valence-corrected chi connectivity index (χ1v) is 7.94. The normalized spacial score (nSPS) is 11.1. The molecule has 0 aliphatic carbocycles. The van der Waals surface area contributed by atoms with Crippen molar-refractivity contribution in [2.24, 2.45) is 0 Å². The predicted molar refractivity (Wildman–Crippen MR) is 87.2 cm³/mol. The molecule has 114 valence electrons. The largest absolute Gasteiger partial charge is 0.370 e. The number of nitrogens with one attached hydrogen (secondary N) is 2. The third-order valence-corrected chi connectivity index (χ3v) is 4.20. The van der Waals surface area contributed by atoms with E-state index in [1.165, 1.54) is 16.3 Å². The van der Waals surface area contributed by atoms with Crippen LogP contribution in [0.3, 0.4) is 0 Å². The van der Waals surface area contributed by atoms with Crippen LogP contribution >= 0.6 is 11.8 Å². The van der Waals surface area contributed by atoms with Crippen molar-refractivity contribution in [2.45, 2.75) is 10.9 Å². The fraction of sp³-hybridized carbons (Fsp3) is 0.0667. The summed E-state index contributed by atoms with van der Waals surface area (Å²) in [6, 6.07) is 11.6. The van der Waals surface area contributed by atoms with Crippen molar-refractivity contribution in [1.82, 2.24) is 29.5 Å². The third kappa shape index (κ3) is 2.76. The number of H-pyrrole nitrogens is 2. The molecule has 0 unspecified atom stereocenters. The van der Waals surface area contributed by atoms with Gasteiger partial charge in [0.1, 0.15) is 0 Å². The minimum absolute atomic E-state index is 0.373. The summed E-state index contributed by atoms with van der Waals surface area (Å²) in [4.78, 5) is 27.6. The summed E-state index contributed by atoms with van der Waals surface area (Å²) in [6.07, 6.45) is 3.43. The molecule has 0 fully saturated rings. The van der Waals surface area contributed by atoms with Crippen LogP contribution in [0.1, 0.15) is 5.69 Å². The molecule has 1 aromatic carbocycles. The Morgan fingerprint density at radius 2 is 2.04 bits per heavy atom. The molecule has 0 bridgehead atoms. The molecule has 0 saturated carbocycles. The number of imidazole rings is 1. The van der Waals surface area contributed by atoms with Gasteiger partial charge in [0.2, 0.25) is 0 Å². The van der Waals surface area contributed by atoms with E-state index in [0.717, 1.165) is 17.0 Å². The van der Waals surface area contributed by atoms with Crippen LogP contribution in [0.25, 0.3) is 16.9 Å². The van der Waals surface area contributed by atoms with Crippen LogP contribution in [0.5, 0.6) is 0 Å². The molecule has 0 spiro atoms. The lowest BCUT2D eigenvalue weighted by atomic mass is 10.2. The predicted octanol–water partition coefficient (Wildman–Crippen LogP) is 2.10. The summed E-state index contributed by atoms with van der Waals surface area (Å²) in [7, 11) is 0. The number of aromatic nitrogens is 6. The molecule has 4 aromatic rings. The van der Waals surface area contributed by atoms with Gasteiger partial charge < -0.3 is 4.98 Å². The molecule has 0 radical (unpaired) electrons. The van der Waals surface area contributed by atoms with Crippen molar-refractivity contribution in [3.8, 4) is 11.3 Å². The molecule has 2 N–H and O–H groups in total. The van der Waals surface area contributed by atoms with E-state index in [2.05, 4.69) is 25.0 Å². The number of rotatable bonds is 4. The molecule has 0 aliphatic heterocycles. The second-order valence-electron chi connectivity index (χ2n) is 4.87. The van der Waals surface area contributed by atoms with Gasteiger partial charge in [-0.1, -0.05) is 42.1 Å². The van der Waals surface area contributed by atoms with E-state index >= 15 is 0 Å². The molecule has 0 saturated heterocycles. The highest BCUT2D eigenvalue weighted by molar-refractivity contribution is 7.98. The fourth-order valence-electron chi connectivity index (χ4n) is 2.23. The molecule has 4 rings (SSSR count). The molecule has 0 aliphatic rings. The number of fused-ring (bicyclic) bond motifs is 1. The molecule has 0 amide bonds. The maximum atomic E-state index is 12.2. The van der Waals surface area contributed by atoms with Gasteiger partial charge in [0.15, 0.2) is 10.8 Å². The first kappa shape index (κ1) is 13.8. The molecule has 0 atom stereocenters. The van der Waals surface area contributed by atoms with Crippen molar-refractivity contribution in [3.63, 3.8) is 0 Å². The monoisotopic (exact) mass is 324 g/mol. The second kappa shape index (κ2) is 5.73. The lowest BCUT2D eigenvalue weighted by Gasteiger charge is -1.98. The van der Waals surface area contributed by atoms with Gasteiger partial charge >= 0.3 is 5.69 Å². The van der Waals surface area contributed by atoms with Crippen LogP contribution < -0.4 is 5.69 Å². The number of nitrogens with zero attached hydrogens (tertiary/aromatic N) is 4. The Morgan fingerprint density at radius 1 is 1.17 bits per heavy atom. The number of benzene rings is 1. The van der Waals surface area contributed by atoms with Crippen molar-refractivity contribution in [1.29, 1.82) is 0 Å². The summed E-state index contributed by atoms with van der Waals surface area (Å²) in [5.41, 5.74) is 2.88. The van der Waals surface area contributed by atoms with Crippen LogP contribution in [0, 0.1) is 0 Å². The molecule has 3 heterocycles. The number of aromatic amines is 2. The van der Waals surface area contributed by atoms with Gasteiger partial charge in [0.05, 0.1) is 17.7 Å². The molecule has 7 nitrogen and oxygen atoms in total. The minimum atomic E-state index is -0.373. The van der Waals surface area contributed by atoms with Crippen molar-refractivity contribution in [2.75, 3.05) is 0 Å². The highest BCUT2D eigenvalue weighted by Crippen LogP contribution is 2.20. The Hall–Kier alpha value is -2.87. The lowest BCUT2D eigenvalue weighted by molar-refractivity contribution is 0.788. The van der Waals surface area contributed by atoms with Gasteiger partial charge in [-0.05, 0) is 5.56 Å². The zero-order valence-electron chi connectivity index (χ0n) is 11.9. The molecular weight excluding hydrogens is 312 g/mol. The van der Waals surface area contributed by atoms with Crippen LogP contribution in [0.15, 0.2) is 58.9 Å². The van der Waals surface area contributed by atoms with E-state index in [0.29, 0.717) is 16.6 Å². The SMILES string of the molecule is O=c1nc(SCc2c[nH]cn2)nc2cc(-c3ccccc3)[nH]n12. The third-order valence-electron chi connectivity index (χ3n) is 3.32. The minimum Gasteiger partial charge on any atom is -0.351 e. The van der Waals surface area contributed by atoms with Crippen molar-refractivity contribution >= 4 is 17.4 Å². The van der Waals surface area contributed by atoms with E-state index in [1.807, 2.05) is 42.6 Å². The van der Waals surface area contributed by atoms with Crippen molar-refractivity contribution < 1.29 is 0 Å². The van der Waals surface area contributed by atoms with Gasteiger partial charge in [-0.25, -0.2) is 14.8 Å². The van der Waals surface area contributed by atoms with E-state index in [1.54, 1.807) is 6.33 Å². The smallest absolute Gasteiger partial charge is 0.351 e. The summed E-state index contributed by atoms with van der Waals surface area (Å²) in [5.74, 6) is 0.606. The Labute approximate surface area is 134 Å². The van der Waals surface area contributed by atoms with E-state index in [9.17, 15) is 4.79 Å². The summed E-state index contributed by atoms with van der Waals surface area (Å²) >= 11 is 1.38. The van der Waals surface area contributed by atoms with Crippen molar-refractivity contribution in [3.05, 3.63) is 65.1 Å². The topological polar surface area (TPSA) is 91.7 Å². The highest BCUT2D eigenvalue weighted by atomic mass is 32.2. The zero-order chi connectivity index (χ0) is 15.6. The molecule has 8 heteroatoms. The standard InChI is InChI=1S/C15H12N6OS/c22-15-19-14(23-8-11-7-16-9-17-11)18-13-6-12(20-21(13)15)10-4-2-1-3-5-10/h1-7,9,20H,8H2,(H,16,17). The number of thioether (sulfide) groups is 1. The number of hydrogen-bond donors (Lipinski definition) is 2. The fourth-order valence-corrected chi connectivity index (χ4v) is 2.96. The van der Waals surface area contributed by atoms with E-state index < -0.39 is 0 Å². The summed E-state index contributed by atoms with van der Waals surface area (Å²) < 4.78 is 1.35. The summed E-state index contributed by atoms with van der Waals surface area (Å²) in [6.45, 7) is 0. The van der Waals surface area contributed by atoms with Gasteiger partial charge in [-0.3, -0.25) is 5.10 Å². The second-order valence-corrected chi connectivity index (χ2v) is 5.81. The van der Waals surface area contributed by atoms with Gasteiger partial charge in [-0.2, -0.15) is 9.50 Å². The van der Waals surface area contributed by atoms with Gasteiger partial charge in [-0.15, -0.1) is 0 Å². The number of hydrogen-bond acceptors (Lipinski definition) is 5. The zero-order valence-corrected chi connectivity index (χ0v) is 12.7. The van der Waals surface area contributed by atoms with E-state index in [-0.39, 0.29) is 5.69 Å². The molecular formula is C15H12N6OS. The first-order valence-electron chi connectivity index (χ1n) is 6.95. The Kier molecular flexibility index (Phi) is 3.43. The average molecular weight is 324 g/mol. The van der Waals surface area contributed by atoms with Crippen LogP contribution in [0.4, 0.5) is 0 Å². The van der Waals surface area contributed by atoms with E-state index in [4.69, 9.17) is 0 Å². The quantitative estimate of drug-likeness (QED) is 0.561. The molecule has 3 aromatic heterocycles. The maximum Gasteiger partial charge on any atom is 0.370 e. The first-order chi connectivity index (χ1) is 11.3. The Bertz CT molecular complexity index is 990. The highest BCUT2D eigenvalue weighted by Gasteiger charge is 2.09. The lowest BCUT2D eigenvalue weighted by Crippen LogP contribution is -2.19. The maximum absolute atomic E-state index is 12.2. The van der Waals surface area contributed by atoms with Gasteiger partial charge in [0.25, 0.3) is 0 Å².